The van der Waals surface area contributed by atoms with Crippen LogP contribution in [0.1, 0.15) is 11.3 Å². The van der Waals surface area contributed by atoms with E-state index in [1.165, 1.54) is 6.07 Å². The van der Waals surface area contributed by atoms with E-state index in [1.54, 1.807) is 26.0 Å². The first kappa shape index (κ1) is 15.5. The van der Waals surface area contributed by atoms with Gasteiger partial charge in [0.2, 0.25) is 0 Å². The van der Waals surface area contributed by atoms with Crippen molar-refractivity contribution in [2.75, 3.05) is 0 Å². The monoisotopic (exact) mass is 320 g/mol. The van der Waals surface area contributed by atoms with Crippen LogP contribution in [0, 0.1) is 24.0 Å². The van der Waals surface area contributed by atoms with Gasteiger partial charge in [0, 0.05) is 11.6 Å². The molecule has 0 unspecified atom stereocenters. The van der Waals surface area contributed by atoms with Crippen LogP contribution >= 0.6 is 12.2 Å². The molecule has 114 valence electrons. The van der Waals surface area contributed by atoms with Gasteiger partial charge in [-0.15, -0.1) is 5.11 Å². The lowest BCUT2D eigenvalue weighted by molar-refractivity contribution is -0.385. The van der Waals surface area contributed by atoms with Gasteiger partial charge in [0.05, 0.1) is 16.3 Å². The molecule has 0 aliphatic rings. The van der Waals surface area contributed by atoms with E-state index in [0.29, 0.717) is 11.3 Å². The highest BCUT2D eigenvalue weighted by molar-refractivity contribution is 7.80. The number of aromatic amines is 1. The van der Waals surface area contributed by atoms with E-state index in [-0.39, 0.29) is 22.2 Å². The molecule has 1 aromatic heterocycles. The Morgan fingerprint density at radius 3 is 2.64 bits per heavy atom. The standard InChI is InChI=1S/C12H12N6O3S/c1-6-3-4-8(5-9(6)18(20)21)14-15-10-7(2)16-17(11(10)19)12(13)22/h3-5,16H,1-2H3,(H2,13,22). The Morgan fingerprint density at radius 2 is 2.09 bits per heavy atom. The van der Waals surface area contributed by atoms with Crippen molar-refractivity contribution in [2.24, 2.45) is 16.0 Å². The molecule has 0 fully saturated rings. The lowest BCUT2D eigenvalue weighted by atomic mass is 10.2. The maximum atomic E-state index is 12.0. The van der Waals surface area contributed by atoms with E-state index in [4.69, 9.17) is 18.0 Å². The van der Waals surface area contributed by atoms with Crippen molar-refractivity contribution in [3.63, 3.8) is 0 Å². The second-order valence-electron chi connectivity index (χ2n) is 4.49. The molecule has 0 aliphatic carbocycles. The van der Waals surface area contributed by atoms with Crippen molar-refractivity contribution in [1.82, 2.24) is 9.78 Å². The van der Waals surface area contributed by atoms with Crippen molar-refractivity contribution in [3.8, 4) is 0 Å². The van der Waals surface area contributed by atoms with Gasteiger partial charge >= 0.3 is 5.56 Å². The summed E-state index contributed by atoms with van der Waals surface area (Å²) >= 11 is 4.72. The summed E-state index contributed by atoms with van der Waals surface area (Å²) in [5, 5.41) is 21.1. The van der Waals surface area contributed by atoms with E-state index >= 15 is 0 Å². The zero-order valence-corrected chi connectivity index (χ0v) is 12.5. The summed E-state index contributed by atoms with van der Waals surface area (Å²) in [6.07, 6.45) is 0. The molecule has 10 heteroatoms. The highest BCUT2D eigenvalue weighted by Crippen LogP contribution is 2.25. The van der Waals surface area contributed by atoms with Gasteiger partial charge in [0.25, 0.3) is 5.69 Å². The Labute approximate surface area is 129 Å². The first-order valence-corrected chi connectivity index (χ1v) is 6.50. The molecule has 0 bridgehead atoms. The predicted molar refractivity (Wildman–Crippen MR) is 84.0 cm³/mol. The number of thiocarbonyl (C=S) groups is 1. The first-order valence-electron chi connectivity index (χ1n) is 6.09. The van der Waals surface area contributed by atoms with Gasteiger partial charge in [-0.3, -0.25) is 20.0 Å². The van der Waals surface area contributed by atoms with Crippen molar-refractivity contribution >= 4 is 34.4 Å². The topological polar surface area (TPSA) is 132 Å². The van der Waals surface area contributed by atoms with Crippen LogP contribution in [0.4, 0.5) is 17.1 Å². The van der Waals surface area contributed by atoms with Gasteiger partial charge in [-0.25, -0.2) is 0 Å². The van der Waals surface area contributed by atoms with Crippen LogP contribution in [0.15, 0.2) is 33.2 Å². The Balaban J connectivity index is 2.42. The summed E-state index contributed by atoms with van der Waals surface area (Å²) in [4.78, 5) is 22.4. The molecule has 1 heterocycles. The maximum Gasteiger partial charge on any atom is 0.301 e. The number of rotatable bonds is 3. The molecule has 9 nitrogen and oxygen atoms in total. The number of nitro benzene ring substituents is 1. The largest absolute Gasteiger partial charge is 0.374 e. The van der Waals surface area contributed by atoms with E-state index < -0.39 is 10.5 Å². The number of azo groups is 1. The zero-order valence-electron chi connectivity index (χ0n) is 11.7. The fourth-order valence-electron chi connectivity index (χ4n) is 1.78. The van der Waals surface area contributed by atoms with Crippen molar-refractivity contribution in [1.29, 1.82) is 0 Å². The molecule has 0 amide bonds. The number of aromatic nitrogens is 2. The number of nitrogens with zero attached hydrogens (tertiary/aromatic N) is 4. The van der Waals surface area contributed by atoms with Gasteiger partial charge in [0.15, 0.2) is 10.8 Å². The van der Waals surface area contributed by atoms with E-state index in [9.17, 15) is 14.9 Å². The summed E-state index contributed by atoms with van der Waals surface area (Å²) in [6.45, 7) is 3.23. The third kappa shape index (κ3) is 2.91. The molecule has 0 radical (unpaired) electrons. The first-order chi connectivity index (χ1) is 10.3. The average molecular weight is 320 g/mol. The van der Waals surface area contributed by atoms with Crippen LogP contribution in [0.25, 0.3) is 0 Å². The second kappa shape index (κ2) is 5.85. The molecule has 0 saturated carbocycles. The normalized spacial score (nSPS) is 11.0. The number of aryl methyl sites for hydroxylation is 2. The smallest absolute Gasteiger partial charge is 0.301 e. The van der Waals surface area contributed by atoms with Gasteiger partial charge < -0.3 is 5.73 Å². The Hall–Kier alpha value is -2.88. The van der Waals surface area contributed by atoms with Crippen LogP contribution in [-0.2, 0) is 0 Å². The predicted octanol–water partition coefficient (Wildman–Crippen LogP) is 2.21. The summed E-state index contributed by atoms with van der Waals surface area (Å²) in [5.74, 6) is 0. The molecular formula is C12H12N6O3S. The van der Waals surface area contributed by atoms with Crippen molar-refractivity contribution < 1.29 is 4.92 Å². The maximum absolute atomic E-state index is 12.0. The molecular weight excluding hydrogens is 308 g/mol. The number of benzene rings is 1. The lowest BCUT2D eigenvalue weighted by Gasteiger charge is -1.97. The highest BCUT2D eigenvalue weighted by atomic mass is 32.1. The molecule has 22 heavy (non-hydrogen) atoms. The summed E-state index contributed by atoms with van der Waals surface area (Å²) in [5.41, 5.74) is 6.04. The van der Waals surface area contributed by atoms with E-state index in [1.807, 2.05) is 0 Å². The third-order valence-corrected chi connectivity index (χ3v) is 3.10. The highest BCUT2D eigenvalue weighted by Gasteiger charge is 2.13. The average Bonchev–Trinajstić information content (AvgIpc) is 2.73. The fraction of sp³-hybridized carbons (Fsp3) is 0.167. The molecule has 0 aliphatic heterocycles. The molecule has 2 aromatic rings. The van der Waals surface area contributed by atoms with Crippen LogP contribution in [0.5, 0.6) is 0 Å². The van der Waals surface area contributed by atoms with Gasteiger partial charge in [-0.05, 0) is 32.1 Å². The minimum absolute atomic E-state index is 0.0380. The summed E-state index contributed by atoms with van der Waals surface area (Å²) in [6, 6.07) is 4.41. The minimum Gasteiger partial charge on any atom is -0.374 e. The number of hydrogen-bond donors (Lipinski definition) is 2. The van der Waals surface area contributed by atoms with Crippen LogP contribution < -0.4 is 11.3 Å². The number of hydrogen-bond acceptors (Lipinski definition) is 6. The van der Waals surface area contributed by atoms with E-state index in [2.05, 4.69) is 15.3 Å². The number of nitro groups is 1. The van der Waals surface area contributed by atoms with Gasteiger partial charge in [-0.2, -0.15) is 9.80 Å². The van der Waals surface area contributed by atoms with Gasteiger partial charge in [0.1, 0.15) is 0 Å². The molecule has 0 saturated heterocycles. The molecule has 0 spiro atoms. The number of nitrogens with one attached hydrogen (secondary N) is 1. The Bertz CT molecular complexity index is 851. The quantitative estimate of drug-likeness (QED) is 0.387. The minimum atomic E-state index is -0.532. The SMILES string of the molecule is Cc1ccc(N=Nc2c(C)[nH]n(C(N)=S)c2=O)cc1[N+](=O)[O-]. The van der Waals surface area contributed by atoms with Gasteiger partial charge in [-0.1, -0.05) is 6.07 Å². The van der Waals surface area contributed by atoms with Crippen LogP contribution in [0.2, 0.25) is 0 Å². The fourth-order valence-corrected chi connectivity index (χ4v) is 1.90. The third-order valence-electron chi connectivity index (χ3n) is 2.92. The number of nitrogens with two attached hydrogens (primary N) is 1. The molecule has 0 atom stereocenters. The van der Waals surface area contributed by atoms with Crippen LogP contribution in [0.3, 0.4) is 0 Å². The van der Waals surface area contributed by atoms with Crippen molar-refractivity contribution in [3.05, 3.63) is 49.9 Å². The summed E-state index contributed by atoms with van der Waals surface area (Å²) < 4.78 is 0.969. The van der Waals surface area contributed by atoms with Crippen LogP contribution in [-0.4, -0.2) is 19.8 Å². The number of H-pyrrole nitrogens is 1. The molecule has 1 aromatic carbocycles. The Morgan fingerprint density at radius 1 is 1.41 bits per heavy atom. The zero-order chi connectivity index (χ0) is 16.4. The van der Waals surface area contributed by atoms with E-state index in [0.717, 1.165) is 4.68 Å². The lowest BCUT2D eigenvalue weighted by Crippen LogP contribution is -2.29. The molecule has 3 N–H and O–H groups in total. The summed E-state index contributed by atoms with van der Waals surface area (Å²) in [7, 11) is 0. The Kier molecular flexibility index (Phi) is 4.13. The second-order valence-corrected chi connectivity index (χ2v) is 4.91. The van der Waals surface area contributed by atoms with Crippen molar-refractivity contribution in [2.45, 2.75) is 13.8 Å². The molecule has 2 rings (SSSR count).